The van der Waals surface area contributed by atoms with Gasteiger partial charge in [0, 0.05) is 42.1 Å². The van der Waals surface area contributed by atoms with Crippen LogP contribution in [-0.2, 0) is 20.9 Å². The van der Waals surface area contributed by atoms with E-state index in [9.17, 15) is 14.4 Å². The van der Waals surface area contributed by atoms with E-state index < -0.39 is 6.04 Å². The fraction of sp³-hybridized carbons (Fsp3) is 0.571. The Hall–Kier alpha value is -3.39. The van der Waals surface area contributed by atoms with Gasteiger partial charge in [0.2, 0.25) is 5.91 Å². The standard InChI is InChI=1S/C35H48N2O6/c1-5-43-31-20-30(41-4)17-16-29(31)22-42-23-32(38)37-18-10-15-28(21-37)26-13-9-14-27(19-26)35(40)36-33(34(39)24(2)3)25-11-7-6-8-12-25/h9,13-14,16-17,19-20,24-25,28,33H,5-8,10-12,15,18,21-23H2,1-4H3,(H,36,40)/t28?,33-/m1/s1. The normalized spacial score (nSPS) is 18.3. The van der Waals surface area contributed by atoms with Gasteiger partial charge >= 0.3 is 0 Å². The maximum atomic E-state index is 13.4. The first-order chi connectivity index (χ1) is 20.8. The Morgan fingerprint density at radius 2 is 1.79 bits per heavy atom. The third-order valence-electron chi connectivity index (χ3n) is 8.73. The summed E-state index contributed by atoms with van der Waals surface area (Å²) in [6.45, 7) is 7.77. The summed E-state index contributed by atoms with van der Waals surface area (Å²) in [6.07, 6.45) is 7.19. The molecule has 1 saturated heterocycles. The Balaban J connectivity index is 1.35. The number of Topliss-reactive ketones (excluding diaryl/α,β-unsaturated/α-hetero) is 1. The summed E-state index contributed by atoms with van der Waals surface area (Å²) in [5.74, 6) is 1.46. The Kier molecular flexibility index (Phi) is 12.0. The number of likely N-dealkylation sites (tertiary alicyclic amines) is 1. The van der Waals surface area contributed by atoms with Crippen molar-refractivity contribution in [3.63, 3.8) is 0 Å². The zero-order valence-electron chi connectivity index (χ0n) is 26.2. The van der Waals surface area contributed by atoms with Crippen LogP contribution < -0.4 is 14.8 Å². The number of hydrogen-bond acceptors (Lipinski definition) is 6. The molecule has 1 unspecified atom stereocenters. The predicted molar refractivity (Wildman–Crippen MR) is 166 cm³/mol. The van der Waals surface area contributed by atoms with E-state index in [4.69, 9.17) is 14.2 Å². The minimum Gasteiger partial charge on any atom is -0.497 e. The molecular weight excluding hydrogens is 544 g/mol. The highest BCUT2D eigenvalue weighted by molar-refractivity contribution is 5.98. The molecule has 1 aliphatic heterocycles. The number of ether oxygens (including phenoxy) is 3. The Bertz CT molecular complexity index is 1240. The molecule has 2 amide bonds. The van der Waals surface area contributed by atoms with Crippen molar-refractivity contribution in [2.45, 2.75) is 84.3 Å². The van der Waals surface area contributed by atoms with E-state index in [0.717, 1.165) is 49.7 Å². The molecule has 4 rings (SSSR count). The van der Waals surface area contributed by atoms with Gasteiger partial charge in [-0.2, -0.15) is 0 Å². The topological polar surface area (TPSA) is 94.2 Å². The van der Waals surface area contributed by atoms with Crippen LogP contribution in [0.2, 0.25) is 0 Å². The third-order valence-corrected chi connectivity index (χ3v) is 8.73. The van der Waals surface area contributed by atoms with E-state index >= 15 is 0 Å². The average molecular weight is 593 g/mol. The number of piperidine rings is 1. The summed E-state index contributed by atoms with van der Waals surface area (Å²) in [5.41, 5.74) is 2.46. The molecule has 0 aromatic heterocycles. The van der Waals surface area contributed by atoms with Crippen LogP contribution >= 0.6 is 0 Å². The van der Waals surface area contributed by atoms with Crippen molar-refractivity contribution in [2.75, 3.05) is 33.4 Å². The number of nitrogens with one attached hydrogen (secondary N) is 1. The summed E-state index contributed by atoms with van der Waals surface area (Å²) in [4.78, 5) is 41.4. The van der Waals surface area contributed by atoms with Crippen molar-refractivity contribution in [3.05, 3.63) is 59.2 Å². The van der Waals surface area contributed by atoms with Crippen LogP contribution in [0.25, 0.3) is 0 Å². The largest absolute Gasteiger partial charge is 0.497 e. The molecule has 1 heterocycles. The van der Waals surface area contributed by atoms with Gasteiger partial charge in [0.05, 0.1) is 26.4 Å². The maximum absolute atomic E-state index is 13.4. The SMILES string of the molecule is CCOc1cc(OC)ccc1COCC(=O)N1CCCC(c2cccc(C(=O)N[C@@H](C(=O)C(C)C)C3CCCCC3)c2)C1. The zero-order chi connectivity index (χ0) is 30.8. The molecule has 8 nitrogen and oxygen atoms in total. The smallest absolute Gasteiger partial charge is 0.251 e. The second kappa shape index (κ2) is 15.9. The van der Waals surface area contributed by atoms with Crippen LogP contribution in [0.4, 0.5) is 0 Å². The molecular formula is C35H48N2O6. The number of amides is 2. The fourth-order valence-corrected chi connectivity index (χ4v) is 6.29. The number of hydrogen-bond donors (Lipinski definition) is 1. The lowest BCUT2D eigenvalue weighted by molar-refractivity contribution is -0.137. The van der Waals surface area contributed by atoms with Gasteiger partial charge in [-0.05, 0) is 68.4 Å². The van der Waals surface area contributed by atoms with Gasteiger partial charge < -0.3 is 24.4 Å². The van der Waals surface area contributed by atoms with Crippen molar-refractivity contribution >= 4 is 17.6 Å². The molecule has 1 N–H and O–H groups in total. The number of methoxy groups -OCH3 is 1. The van der Waals surface area contributed by atoms with Crippen molar-refractivity contribution in [3.8, 4) is 11.5 Å². The van der Waals surface area contributed by atoms with E-state index in [1.165, 1.54) is 6.42 Å². The minimum absolute atomic E-state index is 0.0147. The molecule has 234 valence electrons. The maximum Gasteiger partial charge on any atom is 0.251 e. The molecule has 1 saturated carbocycles. The van der Waals surface area contributed by atoms with Crippen molar-refractivity contribution in [2.24, 2.45) is 11.8 Å². The van der Waals surface area contributed by atoms with E-state index in [0.29, 0.717) is 36.8 Å². The Labute approximate surface area is 256 Å². The molecule has 0 radical (unpaired) electrons. The highest BCUT2D eigenvalue weighted by Crippen LogP contribution is 2.30. The van der Waals surface area contributed by atoms with Gasteiger partial charge in [0.1, 0.15) is 18.1 Å². The zero-order valence-corrected chi connectivity index (χ0v) is 26.2. The number of benzene rings is 2. The summed E-state index contributed by atoms with van der Waals surface area (Å²) in [6, 6.07) is 12.8. The van der Waals surface area contributed by atoms with E-state index in [1.54, 1.807) is 7.11 Å². The van der Waals surface area contributed by atoms with Gasteiger partial charge in [0.15, 0.2) is 5.78 Å². The first-order valence-corrected chi connectivity index (χ1v) is 15.9. The lowest BCUT2D eigenvalue weighted by Crippen LogP contribution is -2.48. The molecule has 43 heavy (non-hydrogen) atoms. The van der Waals surface area contributed by atoms with Gasteiger partial charge in [-0.15, -0.1) is 0 Å². The molecule has 2 atom stereocenters. The summed E-state index contributed by atoms with van der Waals surface area (Å²) < 4.78 is 16.8. The first-order valence-electron chi connectivity index (χ1n) is 15.9. The van der Waals surface area contributed by atoms with Crippen LogP contribution in [0.3, 0.4) is 0 Å². The first kappa shape index (κ1) is 32.5. The predicted octanol–water partition coefficient (Wildman–Crippen LogP) is 5.92. The Morgan fingerprint density at radius 3 is 2.51 bits per heavy atom. The van der Waals surface area contributed by atoms with Gasteiger partial charge in [-0.1, -0.05) is 45.2 Å². The third kappa shape index (κ3) is 8.82. The lowest BCUT2D eigenvalue weighted by Gasteiger charge is -2.33. The second-order valence-electron chi connectivity index (χ2n) is 12.1. The highest BCUT2D eigenvalue weighted by Gasteiger charge is 2.32. The monoisotopic (exact) mass is 592 g/mol. The number of carbonyl (C=O) groups is 3. The second-order valence-corrected chi connectivity index (χ2v) is 12.1. The van der Waals surface area contributed by atoms with Crippen LogP contribution in [0.5, 0.6) is 11.5 Å². The molecule has 2 fully saturated rings. The molecule has 2 aromatic carbocycles. The van der Waals surface area contributed by atoms with Crippen LogP contribution in [0.1, 0.15) is 93.1 Å². The van der Waals surface area contributed by atoms with Crippen LogP contribution in [0, 0.1) is 11.8 Å². The summed E-state index contributed by atoms with van der Waals surface area (Å²) in [5, 5.41) is 3.11. The molecule has 0 spiro atoms. The summed E-state index contributed by atoms with van der Waals surface area (Å²) in [7, 11) is 1.61. The van der Waals surface area contributed by atoms with Crippen LogP contribution in [-0.4, -0.2) is 62.0 Å². The molecule has 2 aromatic rings. The summed E-state index contributed by atoms with van der Waals surface area (Å²) >= 11 is 0. The average Bonchev–Trinajstić information content (AvgIpc) is 3.04. The van der Waals surface area contributed by atoms with Crippen molar-refractivity contribution < 1.29 is 28.6 Å². The van der Waals surface area contributed by atoms with E-state index in [-0.39, 0.29) is 48.6 Å². The van der Waals surface area contributed by atoms with E-state index in [1.807, 2.05) is 68.1 Å². The van der Waals surface area contributed by atoms with Crippen molar-refractivity contribution in [1.29, 1.82) is 0 Å². The quantitative estimate of drug-likeness (QED) is 0.310. The number of ketones is 1. The fourth-order valence-electron chi connectivity index (χ4n) is 6.29. The Morgan fingerprint density at radius 1 is 1.00 bits per heavy atom. The number of carbonyl (C=O) groups excluding carboxylic acids is 3. The van der Waals surface area contributed by atoms with E-state index in [2.05, 4.69) is 5.32 Å². The molecule has 0 bridgehead atoms. The number of rotatable bonds is 13. The minimum atomic E-state index is -0.443. The van der Waals surface area contributed by atoms with Gasteiger partial charge in [0.25, 0.3) is 5.91 Å². The lowest BCUT2D eigenvalue weighted by atomic mass is 9.80. The number of nitrogens with zero attached hydrogens (tertiary/aromatic N) is 1. The highest BCUT2D eigenvalue weighted by atomic mass is 16.5. The van der Waals surface area contributed by atoms with Gasteiger partial charge in [-0.3, -0.25) is 14.4 Å². The van der Waals surface area contributed by atoms with Crippen LogP contribution in [0.15, 0.2) is 42.5 Å². The molecule has 8 heteroatoms. The molecule has 1 aliphatic carbocycles. The molecule has 2 aliphatic rings. The van der Waals surface area contributed by atoms with Crippen molar-refractivity contribution in [1.82, 2.24) is 10.2 Å². The van der Waals surface area contributed by atoms with Gasteiger partial charge in [-0.25, -0.2) is 0 Å².